The van der Waals surface area contributed by atoms with E-state index in [4.69, 9.17) is 11.6 Å². The van der Waals surface area contributed by atoms with Gasteiger partial charge >= 0.3 is 0 Å². The van der Waals surface area contributed by atoms with E-state index in [1.54, 1.807) is 0 Å². The Labute approximate surface area is 121 Å². The van der Waals surface area contributed by atoms with Crippen molar-refractivity contribution in [2.45, 2.75) is 51.9 Å². The predicted molar refractivity (Wildman–Crippen MR) is 82.9 cm³/mol. The monoisotopic (exact) mass is 281 g/mol. The second-order valence-corrected chi connectivity index (χ2v) is 5.23. The van der Waals surface area contributed by atoms with E-state index in [0.717, 1.165) is 24.9 Å². The van der Waals surface area contributed by atoms with Crippen molar-refractivity contribution in [2.75, 3.05) is 11.2 Å². The molecule has 0 aliphatic rings. The van der Waals surface area contributed by atoms with Crippen molar-refractivity contribution in [3.63, 3.8) is 0 Å². The van der Waals surface area contributed by atoms with Crippen LogP contribution in [0.25, 0.3) is 0 Å². The van der Waals surface area contributed by atoms with Crippen LogP contribution in [0.2, 0.25) is 0 Å². The largest absolute Gasteiger partial charge is 0.326 e. The van der Waals surface area contributed by atoms with Gasteiger partial charge < -0.3 is 5.32 Å². The fourth-order valence-corrected chi connectivity index (χ4v) is 2.19. The van der Waals surface area contributed by atoms with E-state index >= 15 is 0 Å². The number of hydrogen-bond acceptors (Lipinski definition) is 1. The number of alkyl halides is 1. The molecule has 1 N–H and O–H groups in total. The molecule has 19 heavy (non-hydrogen) atoms. The standard InChI is InChI=1S/C16H24ClNO/c1-2-3-4-5-6-7-16(19)18-15-10-8-14(9-11-15)12-13-17/h8-11H,2-7,12-13H2,1H3,(H,18,19). The molecule has 1 rings (SSSR count). The third-order valence-electron chi connectivity index (χ3n) is 3.13. The van der Waals surface area contributed by atoms with E-state index in [1.165, 1.54) is 24.8 Å². The lowest BCUT2D eigenvalue weighted by Crippen LogP contribution is -2.11. The first-order chi connectivity index (χ1) is 9.26. The van der Waals surface area contributed by atoms with Gasteiger partial charge in [0.1, 0.15) is 0 Å². The molecule has 106 valence electrons. The number of anilines is 1. The van der Waals surface area contributed by atoms with E-state index in [1.807, 2.05) is 24.3 Å². The molecule has 2 nitrogen and oxygen atoms in total. The Bertz CT molecular complexity index is 362. The van der Waals surface area contributed by atoms with Crippen LogP contribution in [0, 0.1) is 0 Å². The maximum Gasteiger partial charge on any atom is 0.224 e. The summed E-state index contributed by atoms with van der Waals surface area (Å²) in [6.07, 6.45) is 7.36. The van der Waals surface area contributed by atoms with E-state index < -0.39 is 0 Å². The lowest BCUT2D eigenvalue weighted by atomic mass is 10.1. The number of carbonyl (C=O) groups excluding carboxylic acids is 1. The topological polar surface area (TPSA) is 29.1 Å². The maximum absolute atomic E-state index is 11.7. The van der Waals surface area contributed by atoms with Gasteiger partial charge in [-0.05, 0) is 30.5 Å². The molecule has 3 heteroatoms. The van der Waals surface area contributed by atoms with Crippen LogP contribution < -0.4 is 5.32 Å². The van der Waals surface area contributed by atoms with Gasteiger partial charge in [-0.25, -0.2) is 0 Å². The molecule has 0 spiro atoms. The zero-order valence-electron chi connectivity index (χ0n) is 11.8. The molecule has 0 aliphatic heterocycles. The van der Waals surface area contributed by atoms with Crippen molar-refractivity contribution in [3.05, 3.63) is 29.8 Å². The molecular formula is C16H24ClNO. The van der Waals surface area contributed by atoms with Crippen LogP contribution in [0.4, 0.5) is 5.69 Å². The van der Waals surface area contributed by atoms with Crippen LogP contribution in [0.1, 0.15) is 51.0 Å². The van der Waals surface area contributed by atoms with E-state index in [2.05, 4.69) is 12.2 Å². The van der Waals surface area contributed by atoms with Crippen LogP contribution in [0.15, 0.2) is 24.3 Å². The van der Waals surface area contributed by atoms with Gasteiger partial charge in [-0.2, -0.15) is 0 Å². The SMILES string of the molecule is CCCCCCCC(=O)Nc1ccc(CCCl)cc1. The minimum absolute atomic E-state index is 0.113. The number of carbonyl (C=O) groups is 1. The van der Waals surface area contributed by atoms with Crippen LogP contribution in [0.5, 0.6) is 0 Å². The van der Waals surface area contributed by atoms with Gasteiger partial charge in [0.2, 0.25) is 5.91 Å². The average Bonchev–Trinajstić information content (AvgIpc) is 2.41. The van der Waals surface area contributed by atoms with E-state index in [-0.39, 0.29) is 5.91 Å². The zero-order valence-corrected chi connectivity index (χ0v) is 12.5. The molecule has 1 amide bonds. The van der Waals surface area contributed by atoms with Crippen LogP contribution in [-0.2, 0) is 11.2 Å². The highest BCUT2D eigenvalue weighted by Crippen LogP contribution is 2.12. The number of aryl methyl sites for hydroxylation is 1. The summed E-state index contributed by atoms with van der Waals surface area (Å²) in [7, 11) is 0. The Balaban J connectivity index is 2.24. The van der Waals surface area contributed by atoms with Crippen molar-refractivity contribution in [3.8, 4) is 0 Å². The summed E-state index contributed by atoms with van der Waals surface area (Å²) in [5, 5.41) is 2.93. The number of hydrogen-bond donors (Lipinski definition) is 1. The molecule has 0 bridgehead atoms. The van der Waals surface area contributed by atoms with Crippen molar-refractivity contribution >= 4 is 23.2 Å². The fraction of sp³-hybridized carbons (Fsp3) is 0.562. The molecular weight excluding hydrogens is 258 g/mol. The van der Waals surface area contributed by atoms with Crippen molar-refractivity contribution in [2.24, 2.45) is 0 Å². The molecule has 0 unspecified atom stereocenters. The molecule has 0 atom stereocenters. The Morgan fingerprint density at radius 3 is 2.42 bits per heavy atom. The third kappa shape index (κ3) is 7.22. The first-order valence-electron chi connectivity index (χ1n) is 7.21. The van der Waals surface area contributed by atoms with Gasteiger partial charge in [0.15, 0.2) is 0 Å². The summed E-state index contributed by atoms with van der Waals surface area (Å²) < 4.78 is 0. The summed E-state index contributed by atoms with van der Waals surface area (Å²) in [6, 6.07) is 7.91. The van der Waals surface area contributed by atoms with Gasteiger partial charge in [0, 0.05) is 18.0 Å². The maximum atomic E-state index is 11.7. The van der Waals surface area contributed by atoms with Gasteiger partial charge in [0.05, 0.1) is 0 Å². The predicted octanol–water partition coefficient (Wildman–Crippen LogP) is 4.77. The molecule has 0 fully saturated rings. The quantitative estimate of drug-likeness (QED) is 0.513. The summed E-state index contributed by atoms with van der Waals surface area (Å²) in [6.45, 7) is 2.20. The molecule has 0 aliphatic carbocycles. The van der Waals surface area contributed by atoms with Gasteiger partial charge in [-0.15, -0.1) is 11.6 Å². The Kier molecular flexibility index (Phi) is 8.31. The molecule has 0 heterocycles. The summed E-state index contributed by atoms with van der Waals surface area (Å²) in [4.78, 5) is 11.7. The number of nitrogens with one attached hydrogen (secondary N) is 1. The van der Waals surface area contributed by atoms with E-state index in [9.17, 15) is 4.79 Å². The van der Waals surface area contributed by atoms with Gasteiger partial charge in [0.25, 0.3) is 0 Å². The molecule has 0 radical (unpaired) electrons. The van der Waals surface area contributed by atoms with Crippen LogP contribution in [0.3, 0.4) is 0 Å². The minimum atomic E-state index is 0.113. The number of benzene rings is 1. The number of amides is 1. The highest BCUT2D eigenvalue weighted by atomic mass is 35.5. The third-order valence-corrected chi connectivity index (χ3v) is 3.32. The average molecular weight is 282 g/mol. The van der Waals surface area contributed by atoms with Crippen LogP contribution in [-0.4, -0.2) is 11.8 Å². The Morgan fingerprint density at radius 2 is 1.79 bits per heavy atom. The smallest absolute Gasteiger partial charge is 0.224 e. The van der Waals surface area contributed by atoms with Gasteiger partial charge in [-0.3, -0.25) is 4.79 Å². The Morgan fingerprint density at radius 1 is 1.11 bits per heavy atom. The lowest BCUT2D eigenvalue weighted by Gasteiger charge is -2.06. The second-order valence-electron chi connectivity index (χ2n) is 4.85. The summed E-state index contributed by atoms with van der Waals surface area (Å²) >= 11 is 5.68. The number of unbranched alkanes of at least 4 members (excludes halogenated alkanes) is 4. The summed E-state index contributed by atoms with van der Waals surface area (Å²) in [5.41, 5.74) is 2.07. The van der Waals surface area contributed by atoms with Crippen molar-refractivity contribution in [1.82, 2.24) is 0 Å². The highest BCUT2D eigenvalue weighted by Gasteiger charge is 2.02. The minimum Gasteiger partial charge on any atom is -0.326 e. The molecule has 0 aromatic heterocycles. The molecule has 1 aromatic rings. The second kappa shape index (κ2) is 9.85. The first-order valence-corrected chi connectivity index (χ1v) is 7.74. The van der Waals surface area contributed by atoms with E-state index in [0.29, 0.717) is 12.3 Å². The number of rotatable bonds is 9. The van der Waals surface area contributed by atoms with Crippen LogP contribution >= 0.6 is 11.6 Å². The fourth-order valence-electron chi connectivity index (χ4n) is 1.98. The van der Waals surface area contributed by atoms with Gasteiger partial charge in [-0.1, -0.05) is 44.7 Å². The molecule has 0 saturated heterocycles. The normalized spacial score (nSPS) is 10.4. The molecule has 0 saturated carbocycles. The highest BCUT2D eigenvalue weighted by molar-refractivity contribution is 6.17. The Hall–Kier alpha value is -1.02. The summed E-state index contributed by atoms with van der Waals surface area (Å²) in [5.74, 6) is 0.741. The first kappa shape index (κ1) is 16.0. The number of halogens is 1. The van der Waals surface area contributed by atoms with Crippen molar-refractivity contribution < 1.29 is 4.79 Å². The molecule has 1 aromatic carbocycles. The van der Waals surface area contributed by atoms with Crippen molar-refractivity contribution in [1.29, 1.82) is 0 Å². The lowest BCUT2D eigenvalue weighted by molar-refractivity contribution is -0.116. The zero-order chi connectivity index (χ0) is 13.9.